The SMILES string of the molecule is CCCCCOC1(C(=O)CCC)C(C)(C)C1(C)C(=O)OCC. The molecule has 1 aliphatic rings. The fraction of sp³-hybridized carbons (Fsp3) is 0.889. The van der Waals surface area contributed by atoms with Crippen molar-refractivity contribution in [2.75, 3.05) is 13.2 Å². The van der Waals surface area contributed by atoms with Crippen LogP contribution in [0.1, 0.15) is 73.6 Å². The van der Waals surface area contributed by atoms with Gasteiger partial charge < -0.3 is 9.47 Å². The van der Waals surface area contributed by atoms with Gasteiger partial charge in [-0.15, -0.1) is 0 Å². The van der Waals surface area contributed by atoms with Gasteiger partial charge in [-0.05, 0) is 26.7 Å². The molecular formula is C18H32O4. The highest BCUT2D eigenvalue weighted by Crippen LogP contribution is 2.74. The van der Waals surface area contributed by atoms with Crippen LogP contribution in [0.5, 0.6) is 0 Å². The molecule has 0 saturated heterocycles. The second-order valence-electron chi connectivity index (χ2n) is 6.88. The van der Waals surface area contributed by atoms with Gasteiger partial charge in [0.15, 0.2) is 5.78 Å². The Hall–Kier alpha value is -0.900. The number of ether oxygens (including phenoxy) is 2. The zero-order valence-electron chi connectivity index (χ0n) is 15.1. The molecule has 1 aliphatic carbocycles. The quantitative estimate of drug-likeness (QED) is 0.453. The minimum absolute atomic E-state index is 0.0343. The Morgan fingerprint density at radius 2 is 1.59 bits per heavy atom. The minimum atomic E-state index is -1.03. The van der Waals surface area contributed by atoms with Crippen LogP contribution in [0.2, 0.25) is 0 Å². The molecule has 0 N–H and O–H groups in total. The zero-order valence-corrected chi connectivity index (χ0v) is 15.1. The first-order chi connectivity index (χ1) is 10.3. The largest absolute Gasteiger partial charge is 0.465 e. The van der Waals surface area contributed by atoms with E-state index in [1.54, 1.807) is 6.92 Å². The van der Waals surface area contributed by atoms with E-state index in [0.717, 1.165) is 25.7 Å². The van der Waals surface area contributed by atoms with Crippen LogP contribution in [0, 0.1) is 10.8 Å². The van der Waals surface area contributed by atoms with E-state index in [0.29, 0.717) is 19.6 Å². The van der Waals surface area contributed by atoms with Crippen LogP contribution in [0.25, 0.3) is 0 Å². The van der Waals surface area contributed by atoms with E-state index in [-0.39, 0.29) is 11.8 Å². The zero-order chi connectivity index (χ0) is 17.0. The van der Waals surface area contributed by atoms with Crippen LogP contribution in [0.4, 0.5) is 0 Å². The lowest BCUT2D eigenvalue weighted by atomic mass is 9.98. The average molecular weight is 312 g/mol. The van der Waals surface area contributed by atoms with Gasteiger partial charge in [0.05, 0.1) is 6.61 Å². The molecule has 1 fully saturated rings. The summed E-state index contributed by atoms with van der Waals surface area (Å²) in [6.07, 6.45) is 4.26. The topological polar surface area (TPSA) is 52.6 Å². The van der Waals surface area contributed by atoms with Gasteiger partial charge in [0.1, 0.15) is 11.0 Å². The van der Waals surface area contributed by atoms with E-state index in [2.05, 4.69) is 6.92 Å². The van der Waals surface area contributed by atoms with E-state index in [1.807, 2.05) is 27.7 Å². The molecule has 22 heavy (non-hydrogen) atoms. The van der Waals surface area contributed by atoms with Crippen molar-refractivity contribution in [2.24, 2.45) is 10.8 Å². The fourth-order valence-corrected chi connectivity index (χ4v) is 3.74. The number of carbonyl (C=O) groups is 2. The number of rotatable bonds is 10. The third kappa shape index (κ3) is 2.60. The standard InChI is InChI=1S/C18H32O4/c1-7-10-11-13-22-18(14(19)12-8-2)16(4,5)17(18,6)15(20)21-9-3/h7-13H2,1-6H3. The molecule has 0 heterocycles. The maximum Gasteiger partial charge on any atom is 0.315 e. The highest BCUT2D eigenvalue weighted by atomic mass is 16.6. The highest BCUT2D eigenvalue weighted by Gasteiger charge is 2.88. The monoisotopic (exact) mass is 312 g/mol. The number of hydrogen-bond acceptors (Lipinski definition) is 4. The van der Waals surface area contributed by atoms with Crippen LogP contribution in [0.3, 0.4) is 0 Å². The van der Waals surface area contributed by atoms with Gasteiger partial charge in [0.25, 0.3) is 0 Å². The van der Waals surface area contributed by atoms with Crippen molar-refractivity contribution in [3.8, 4) is 0 Å². The molecule has 0 amide bonds. The molecule has 0 aliphatic heterocycles. The molecule has 0 spiro atoms. The van der Waals surface area contributed by atoms with Crippen molar-refractivity contribution in [1.82, 2.24) is 0 Å². The minimum Gasteiger partial charge on any atom is -0.465 e. The summed E-state index contributed by atoms with van der Waals surface area (Å²) in [5, 5.41) is 0. The van der Waals surface area contributed by atoms with Crippen molar-refractivity contribution in [2.45, 2.75) is 79.2 Å². The fourth-order valence-electron chi connectivity index (χ4n) is 3.74. The average Bonchev–Trinajstić information content (AvgIpc) is 2.86. The second-order valence-corrected chi connectivity index (χ2v) is 6.88. The molecule has 4 nitrogen and oxygen atoms in total. The van der Waals surface area contributed by atoms with E-state index in [1.165, 1.54) is 0 Å². The van der Waals surface area contributed by atoms with Gasteiger partial charge in [-0.3, -0.25) is 9.59 Å². The summed E-state index contributed by atoms with van der Waals surface area (Å²) in [4.78, 5) is 25.3. The third-order valence-corrected chi connectivity index (χ3v) is 5.39. The first-order valence-corrected chi connectivity index (χ1v) is 8.62. The molecule has 2 atom stereocenters. The smallest absolute Gasteiger partial charge is 0.315 e. The van der Waals surface area contributed by atoms with Gasteiger partial charge in [-0.2, -0.15) is 0 Å². The van der Waals surface area contributed by atoms with E-state index < -0.39 is 16.4 Å². The van der Waals surface area contributed by atoms with Gasteiger partial charge >= 0.3 is 5.97 Å². The molecule has 128 valence electrons. The molecule has 0 radical (unpaired) electrons. The van der Waals surface area contributed by atoms with Crippen LogP contribution in [0.15, 0.2) is 0 Å². The van der Waals surface area contributed by atoms with Crippen LogP contribution < -0.4 is 0 Å². The Labute approximate surface area is 134 Å². The number of unbranched alkanes of at least 4 members (excludes halogenated alkanes) is 2. The maximum atomic E-state index is 12.8. The van der Waals surface area contributed by atoms with Crippen molar-refractivity contribution in [3.63, 3.8) is 0 Å². The Kier molecular flexibility index (Phi) is 6.19. The Bertz CT molecular complexity index is 415. The lowest BCUT2D eigenvalue weighted by Gasteiger charge is -2.22. The molecule has 0 aromatic rings. The number of Topliss-reactive ketones (excluding diaryl/α,β-unsaturated/α-hetero) is 1. The summed E-state index contributed by atoms with van der Waals surface area (Å²) < 4.78 is 11.3. The van der Waals surface area contributed by atoms with Crippen LogP contribution >= 0.6 is 0 Å². The second kappa shape index (κ2) is 7.12. The number of carbonyl (C=O) groups excluding carboxylic acids is 2. The maximum absolute atomic E-state index is 12.8. The summed E-state index contributed by atoms with van der Waals surface area (Å²) in [6, 6.07) is 0. The number of ketones is 1. The predicted molar refractivity (Wildman–Crippen MR) is 86.6 cm³/mol. The van der Waals surface area contributed by atoms with Crippen molar-refractivity contribution >= 4 is 11.8 Å². The Balaban J connectivity index is 3.05. The summed E-state index contributed by atoms with van der Waals surface area (Å²) >= 11 is 0. The number of esters is 1. The van der Waals surface area contributed by atoms with E-state index in [9.17, 15) is 9.59 Å². The molecule has 4 heteroatoms. The first-order valence-electron chi connectivity index (χ1n) is 8.62. The lowest BCUT2D eigenvalue weighted by molar-refractivity contribution is -0.157. The van der Waals surface area contributed by atoms with Crippen molar-refractivity contribution in [1.29, 1.82) is 0 Å². The van der Waals surface area contributed by atoms with E-state index >= 15 is 0 Å². The Morgan fingerprint density at radius 1 is 0.955 bits per heavy atom. The predicted octanol–water partition coefficient (Wildman–Crippen LogP) is 3.91. The van der Waals surface area contributed by atoms with E-state index in [4.69, 9.17) is 9.47 Å². The third-order valence-electron chi connectivity index (χ3n) is 5.39. The Morgan fingerprint density at radius 3 is 2.09 bits per heavy atom. The molecule has 1 saturated carbocycles. The number of hydrogen-bond donors (Lipinski definition) is 0. The molecule has 0 aromatic carbocycles. The summed E-state index contributed by atoms with van der Waals surface area (Å²) in [6.45, 7) is 12.4. The van der Waals surface area contributed by atoms with Crippen molar-refractivity contribution < 1.29 is 19.1 Å². The molecule has 0 bridgehead atoms. The summed E-state index contributed by atoms with van der Waals surface area (Å²) in [5.74, 6) is -0.285. The van der Waals surface area contributed by atoms with Crippen LogP contribution in [-0.4, -0.2) is 30.6 Å². The van der Waals surface area contributed by atoms with Crippen molar-refractivity contribution in [3.05, 3.63) is 0 Å². The molecular weight excluding hydrogens is 280 g/mol. The molecule has 1 rings (SSSR count). The summed E-state index contributed by atoms with van der Waals surface area (Å²) in [7, 11) is 0. The van der Waals surface area contributed by atoms with Gasteiger partial charge in [0, 0.05) is 18.4 Å². The first kappa shape index (κ1) is 19.1. The van der Waals surface area contributed by atoms with Gasteiger partial charge in [-0.25, -0.2) is 0 Å². The summed E-state index contributed by atoms with van der Waals surface area (Å²) in [5.41, 5.74) is -2.46. The molecule has 2 unspecified atom stereocenters. The highest BCUT2D eigenvalue weighted by molar-refractivity contribution is 6.03. The normalized spacial score (nSPS) is 29.2. The lowest BCUT2D eigenvalue weighted by Crippen LogP contribution is -2.38. The molecule has 0 aromatic heterocycles. The van der Waals surface area contributed by atoms with Crippen LogP contribution in [-0.2, 0) is 19.1 Å². The van der Waals surface area contributed by atoms with Gasteiger partial charge in [0.2, 0.25) is 0 Å². The van der Waals surface area contributed by atoms with Gasteiger partial charge in [-0.1, -0.05) is 40.5 Å².